The highest BCUT2D eigenvalue weighted by molar-refractivity contribution is 7.88. The summed E-state index contributed by atoms with van der Waals surface area (Å²) in [5.41, 5.74) is 0. The Labute approximate surface area is 83.2 Å². The molecule has 6 nitrogen and oxygen atoms in total. The van der Waals surface area contributed by atoms with E-state index in [0.29, 0.717) is 0 Å². The molecule has 0 aromatic rings. The molecule has 82 valence electrons. The molecule has 1 saturated carbocycles. The van der Waals surface area contributed by atoms with Crippen LogP contribution in [0.25, 0.3) is 0 Å². The summed E-state index contributed by atoms with van der Waals surface area (Å²) < 4.78 is 30.8. The Morgan fingerprint density at radius 2 is 1.93 bits per heavy atom. The van der Waals surface area contributed by atoms with E-state index in [0.717, 1.165) is 32.8 Å². The minimum absolute atomic E-state index is 0.0582. The van der Waals surface area contributed by atoms with Crippen molar-refractivity contribution in [3.05, 3.63) is 0 Å². The minimum Gasteiger partial charge on any atom is -0.452 e. The highest BCUT2D eigenvalue weighted by Gasteiger charge is 2.22. The molecule has 0 saturated heterocycles. The first-order valence-corrected chi connectivity index (χ1v) is 5.90. The summed E-state index contributed by atoms with van der Waals surface area (Å²) in [6, 6.07) is -0.0582. The van der Waals surface area contributed by atoms with Gasteiger partial charge in [-0.25, -0.2) is 9.52 Å². The first kappa shape index (κ1) is 11.3. The van der Waals surface area contributed by atoms with Gasteiger partial charge in [-0.15, -0.1) is 0 Å². The average molecular weight is 222 g/mol. The topological polar surface area (TPSA) is 84.5 Å². The summed E-state index contributed by atoms with van der Waals surface area (Å²) in [5, 5.41) is 0. The first-order valence-electron chi connectivity index (χ1n) is 4.41. The molecule has 0 heterocycles. The van der Waals surface area contributed by atoms with Crippen molar-refractivity contribution >= 4 is 16.3 Å². The van der Waals surface area contributed by atoms with Gasteiger partial charge < -0.3 is 4.74 Å². The molecule has 1 aliphatic rings. The number of methoxy groups -OCH3 is 1. The van der Waals surface area contributed by atoms with Crippen molar-refractivity contribution in [3.8, 4) is 0 Å². The summed E-state index contributed by atoms with van der Waals surface area (Å²) in [7, 11) is -2.64. The average Bonchev–Trinajstić information content (AvgIpc) is 2.54. The summed E-state index contributed by atoms with van der Waals surface area (Å²) in [5.74, 6) is 0. The van der Waals surface area contributed by atoms with Gasteiger partial charge in [-0.1, -0.05) is 12.8 Å². The van der Waals surface area contributed by atoms with E-state index in [4.69, 9.17) is 0 Å². The van der Waals surface area contributed by atoms with E-state index in [1.165, 1.54) is 0 Å². The van der Waals surface area contributed by atoms with E-state index in [9.17, 15) is 13.2 Å². The van der Waals surface area contributed by atoms with Gasteiger partial charge >= 0.3 is 16.3 Å². The van der Waals surface area contributed by atoms with E-state index in [-0.39, 0.29) is 6.04 Å². The maximum atomic E-state index is 11.2. The van der Waals surface area contributed by atoms with Gasteiger partial charge in [0.1, 0.15) is 0 Å². The lowest BCUT2D eigenvalue weighted by atomic mass is 10.3. The Bertz CT molecular complexity index is 295. The van der Waals surface area contributed by atoms with E-state index >= 15 is 0 Å². The predicted molar refractivity (Wildman–Crippen MR) is 49.9 cm³/mol. The molecule has 0 aromatic carbocycles. The minimum atomic E-state index is -3.75. The fourth-order valence-corrected chi connectivity index (χ4v) is 2.48. The van der Waals surface area contributed by atoms with Crippen molar-refractivity contribution in [3.63, 3.8) is 0 Å². The maximum absolute atomic E-state index is 11.2. The van der Waals surface area contributed by atoms with Crippen molar-refractivity contribution in [1.29, 1.82) is 0 Å². The molecule has 0 unspecified atom stereocenters. The Morgan fingerprint density at radius 3 is 2.43 bits per heavy atom. The molecule has 0 aromatic heterocycles. The molecular formula is C7H14N2O4S. The fraction of sp³-hybridized carbons (Fsp3) is 0.857. The zero-order valence-electron chi connectivity index (χ0n) is 7.95. The third-order valence-electron chi connectivity index (χ3n) is 2.08. The molecule has 7 heteroatoms. The van der Waals surface area contributed by atoms with Gasteiger partial charge in [-0.05, 0) is 12.8 Å². The van der Waals surface area contributed by atoms with Gasteiger partial charge in [0, 0.05) is 6.04 Å². The standard InChI is InChI=1S/C7H14N2O4S/c1-13-7(10)9-14(11,12)8-6-4-2-3-5-6/h6,8H,2-5H2,1H3,(H,9,10). The van der Waals surface area contributed by atoms with Crippen LogP contribution in [-0.2, 0) is 14.9 Å². The molecule has 0 radical (unpaired) electrons. The van der Waals surface area contributed by atoms with Gasteiger partial charge in [-0.2, -0.15) is 13.1 Å². The lowest BCUT2D eigenvalue weighted by Gasteiger charge is -2.12. The van der Waals surface area contributed by atoms with Crippen LogP contribution in [0.1, 0.15) is 25.7 Å². The van der Waals surface area contributed by atoms with Crippen molar-refractivity contribution in [1.82, 2.24) is 9.44 Å². The summed E-state index contributed by atoms with van der Waals surface area (Å²) in [6.07, 6.45) is 2.71. The van der Waals surface area contributed by atoms with Crippen LogP contribution in [0.4, 0.5) is 4.79 Å². The lowest BCUT2D eigenvalue weighted by molar-refractivity contribution is 0.177. The van der Waals surface area contributed by atoms with E-state index in [1.54, 1.807) is 4.72 Å². The van der Waals surface area contributed by atoms with Crippen molar-refractivity contribution < 1.29 is 17.9 Å². The predicted octanol–water partition coefficient (Wildman–Crippen LogP) is 0.119. The Morgan fingerprint density at radius 1 is 1.36 bits per heavy atom. The number of ether oxygens (including phenoxy) is 1. The second-order valence-electron chi connectivity index (χ2n) is 3.20. The molecule has 0 atom stereocenters. The summed E-state index contributed by atoms with van der Waals surface area (Å²) in [6.45, 7) is 0. The Kier molecular flexibility index (Phi) is 3.70. The van der Waals surface area contributed by atoms with Crippen LogP contribution >= 0.6 is 0 Å². The first-order chi connectivity index (χ1) is 6.53. The van der Waals surface area contributed by atoms with E-state index < -0.39 is 16.3 Å². The molecule has 2 N–H and O–H groups in total. The Balaban J connectivity index is 2.44. The number of amides is 1. The van der Waals surface area contributed by atoms with Gasteiger partial charge in [0.25, 0.3) is 0 Å². The smallest absolute Gasteiger partial charge is 0.421 e. The van der Waals surface area contributed by atoms with Crippen LogP contribution in [-0.4, -0.2) is 27.7 Å². The second kappa shape index (κ2) is 4.61. The molecule has 1 amide bonds. The van der Waals surface area contributed by atoms with Gasteiger partial charge in [-0.3, -0.25) is 0 Å². The molecule has 14 heavy (non-hydrogen) atoms. The molecule has 1 fully saturated rings. The normalized spacial score (nSPS) is 18.1. The molecule has 1 aliphatic carbocycles. The fourth-order valence-electron chi connectivity index (χ4n) is 1.44. The van der Waals surface area contributed by atoms with Crippen LogP contribution in [0.3, 0.4) is 0 Å². The van der Waals surface area contributed by atoms with Gasteiger partial charge in [0.15, 0.2) is 0 Å². The lowest BCUT2D eigenvalue weighted by Crippen LogP contribution is -2.44. The number of carbonyl (C=O) groups excluding carboxylic acids is 1. The van der Waals surface area contributed by atoms with Crippen molar-refractivity contribution in [2.24, 2.45) is 0 Å². The van der Waals surface area contributed by atoms with Crippen LogP contribution in [0.15, 0.2) is 0 Å². The zero-order chi connectivity index (χ0) is 10.6. The van der Waals surface area contributed by atoms with Crippen LogP contribution < -0.4 is 9.44 Å². The molecule has 0 spiro atoms. The van der Waals surface area contributed by atoms with Gasteiger partial charge in [0.05, 0.1) is 7.11 Å². The van der Waals surface area contributed by atoms with E-state index in [2.05, 4.69) is 9.46 Å². The number of carbonyl (C=O) groups is 1. The zero-order valence-corrected chi connectivity index (χ0v) is 8.76. The van der Waals surface area contributed by atoms with Crippen molar-refractivity contribution in [2.45, 2.75) is 31.7 Å². The molecule has 0 aliphatic heterocycles. The number of hydrogen-bond donors (Lipinski definition) is 2. The monoisotopic (exact) mass is 222 g/mol. The van der Waals surface area contributed by atoms with Gasteiger partial charge in [0.2, 0.25) is 0 Å². The van der Waals surface area contributed by atoms with Crippen LogP contribution in [0, 0.1) is 0 Å². The third kappa shape index (κ3) is 3.51. The van der Waals surface area contributed by atoms with Crippen LogP contribution in [0.2, 0.25) is 0 Å². The molecular weight excluding hydrogens is 208 g/mol. The maximum Gasteiger partial charge on any atom is 0.421 e. The molecule has 1 rings (SSSR count). The van der Waals surface area contributed by atoms with E-state index in [1.807, 2.05) is 0 Å². The SMILES string of the molecule is COC(=O)NS(=O)(=O)NC1CCCC1. The largest absolute Gasteiger partial charge is 0.452 e. The Hall–Kier alpha value is -0.820. The summed E-state index contributed by atoms with van der Waals surface area (Å²) in [4.78, 5) is 10.6. The number of nitrogens with one attached hydrogen (secondary N) is 2. The third-order valence-corrected chi connectivity index (χ3v) is 3.16. The highest BCUT2D eigenvalue weighted by atomic mass is 32.2. The second-order valence-corrected chi connectivity index (χ2v) is 4.64. The quantitative estimate of drug-likeness (QED) is 0.710. The van der Waals surface area contributed by atoms with Crippen molar-refractivity contribution in [2.75, 3.05) is 7.11 Å². The highest BCUT2D eigenvalue weighted by Crippen LogP contribution is 2.17. The number of rotatable bonds is 3. The molecule has 0 bridgehead atoms. The van der Waals surface area contributed by atoms with Crippen LogP contribution in [0.5, 0.6) is 0 Å². The number of hydrogen-bond acceptors (Lipinski definition) is 4. The summed E-state index contributed by atoms with van der Waals surface area (Å²) >= 11 is 0.